The van der Waals surface area contributed by atoms with Crippen LogP contribution in [0.5, 0.6) is 0 Å². The van der Waals surface area contributed by atoms with Crippen molar-refractivity contribution in [1.82, 2.24) is 9.99 Å². The van der Waals surface area contributed by atoms with E-state index < -0.39 is 11.8 Å². The number of hydrazine groups is 1. The highest BCUT2D eigenvalue weighted by Gasteiger charge is 2.25. The summed E-state index contributed by atoms with van der Waals surface area (Å²) in [6.45, 7) is 1.53. The van der Waals surface area contributed by atoms with Crippen molar-refractivity contribution in [2.75, 3.05) is 11.6 Å². The van der Waals surface area contributed by atoms with E-state index in [1.54, 1.807) is 12.5 Å². The number of amides is 2. The molecule has 0 radical (unpaired) electrons. The maximum Gasteiger partial charge on any atom is 0.281 e. The number of nitrogens with one attached hydrogen (secondary N) is 2. The molecule has 9 heteroatoms. The summed E-state index contributed by atoms with van der Waals surface area (Å²) >= 11 is 0.966. The van der Waals surface area contributed by atoms with Gasteiger partial charge >= 0.3 is 0 Å². The van der Waals surface area contributed by atoms with Crippen LogP contribution in [-0.2, 0) is 9.59 Å². The normalized spacial score (nSPS) is 11.6. The first-order valence-electron chi connectivity index (χ1n) is 7.19. The Balaban J connectivity index is 2.36. The van der Waals surface area contributed by atoms with Crippen molar-refractivity contribution >= 4 is 45.3 Å². The van der Waals surface area contributed by atoms with Crippen molar-refractivity contribution in [1.29, 1.82) is 5.41 Å². The van der Waals surface area contributed by atoms with Crippen molar-refractivity contribution in [2.24, 2.45) is 11.6 Å². The molecule has 2 aromatic rings. The van der Waals surface area contributed by atoms with Gasteiger partial charge in [0.2, 0.25) is 0 Å². The van der Waals surface area contributed by atoms with E-state index >= 15 is 0 Å². The van der Waals surface area contributed by atoms with Crippen LogP contribution in [0.1, 0.15) is 6.92 Å². The van der Waals surface area contributed by atoms with Crippen molar-refractivity contribution < 1.29 is 9.59 Å². The molecule has 1 heterocycles. The molecule has 25 heavy (non-hydrogen) atoms. The number of nitrogens with two attached hydrogens (primary N) is 2. The number of hydrogen-bond donors (Lipinski definition) is 4. The van der Waals surface area contributed by atoms with Gasteiger partial charge in [-0.2, -0.15) is 0 Å². The molecule has 2 amide bonds. The van der Waals surface area contributed by atoms with Gasteiger partial charge in [0, 0.05) is 11.1 Å². The minimum Gasteiger partial charge on any atom is -0.365 e. The molecule has 130 valence electrons. The second kappa shape index (κ2) is 7.77. The molecule has 1 aromatic carbocycles. The molecule has 0 saturated carbocycles. The summed E-state index contributed by atoms with van der Waals surface area (Å²) < 4.78 is 0. The number of para-hydroxylation sites is 1. The fourth-order valence-corrected chi connectivity index (χ4v) is 2.46. The van der Waals surface area contributed by atoms with Crippen molar-refractivity contribution in [3.63, 3.8) is 0 Å². The maximum atomic E-state index is 12.4. The van der Waals surface area contributed by atoms with Crippen LogP contribution in [0.25, 0.3) is 10.9 Å². The number of allylic oxidation sites excluding steroid dienone is 1. The van der Waals surface area contributed by atoms with Crippen LogP contribution >= 0.6 is 11.8 Å². The molecule has 1 aromatic heterocycles. The second-order valence-corrected chi connectivity index (χ2v) is 5.89. The Morgan fingerprint density at radius 2 is 2.00 bits per heavy atom. The van der Waals surface area contributed by atoms with E-state index in [0.717, 1.165) is 22.7 Å². The minimum absolute atomic E-state index is 0.205. The molecule has 0 aliphatic heterocycles. The largest absolute Gasteiger partial charge is 0.365 e. The van der Waals surface area contributed by atoms with Gasteiger partial charge in [-0.3, -0.25) is 20.0 Å². The molecule has 0 spiro atoms. The number of amidine groups is 1. The van der Waals surface area contributed by atoms with Gasteiger partial charge in [0.25, 0.3) is 11.8 Å². The predicted molar refractivity (Wildman–Crippen MR) is 99.5 cm³/mol. The first kappa shape index (κ1) is 18.4. The fourth-order valence-electron chi connectivity index (χ4n) is 2.18. The average Bonchev–Trinajstić information content (AvgIpc) is 2.59. The number of rotatable bonds is 4. The van der Waals surface area contributed by atoms with E-state index in [-0.39, 0.29) is 16.4 Å². The third-order valence-electron chi connectivity index (χ3n) is 3.39. The number of nitrogens with zero attached hydrogens (tertiary/aromatic N) is 2. The predicted octanol–water partition coefficient (Wildman–Crippen LogP) is 1.41. The lowest BCUT2D eigenvalue weighted by Crippen LogP contribution is -2.44. The van der Waals surface area contributed by atoms with Crippen LogP contribution < -0.4 is 16.9 Å². The zero-order chi connectivity index (χ0) is 18.6. The number of benzene rings is 1. The maximum absolute atomic E-state index is 12.4. The Labute approximate surface area is 148 Å². The Morgan fingerprint density at radius 1 is 1.32 bits per heavy atom. The molecule has 0 fully saturated rings. The number of pyridine rings is 1. The van der Waals surface area contributed by atoms with Crippen molar-refractivity contribution in [2.45, 2.75) is 6.92 Å². The molecular formula is C16H18N6O2S. The van der Waals surface area contributed by atoms with E-state index in [1.807, 2.05) is 30.3 Å². The van der Waals surface area contributed by atoms with E-state index in [1.165, 1.54) is 6.92 Å². The van der Waals surface area contributed by atoms with Crippen LogP contribution in [-0.4, -0.2) is 33.2 Å². The smallest absolute Gasteiger partial charge is 0.281 e. The molecule has 6 N–H and O–H groups in total. The van der Waals surface area contributed by atoms with Gasteiger partial charge in [0.05, 0.1) is 17.4 Å². The zero-order valence-corrected chi connectivity index (χ0v) is 14.6. The van der Waals surface area contributed by atoms with E-state index in [4.69, 9.17) is 17.0 Å². The van der Waals surface area contributed by atoms with Crippen molar-refractivity contribution in [3.8, 4) is 0 Å². The number of aromatic nitrogens is 1. The highest BCUT2D eigenvalue weighted by molar-refractivity contribution is 8.13. The van der Waals surface area contributed by atoms with Crippen molar-refractivity contribution in [3.05, 3.63) is 47.8 Å². The van der Waals surface area contributed by atoms with Crippen LogP contribution in [0.15, 0.2) is 47.8 Å². The quantitative estimate of drug-likeness (QED) is 0.0952. The molecule has 0 aliphatic carbocycles. The number of thioether (sulfide) groups is 1. The summed E-state index contributed by atoms with van der Waals surface area (Å²) in [4.78, 5) is 28.4. The lowest BCUT2D eigenvalue weighted by molar-refractivity contribution is -0.126. The fraction of sp³-hybridized carbons (Fsp3) is 0.125. The molecular weight excluding hydrogens is 340 g/mol. The highest BCUT2D eigenvalue weighted by atomic mass is 32.2. The Hall–Kier alpha value is -2.91. The molecule has 0 unspecified atom stereocenters. The summed E-state index contributed by atoms with van der Waals surface area (Å²) in [5, 5.41) is 11.8. The standard InChI is InChI=1S/C16H18N6O2S/c1-9(13(14(17)23)15(24)22(19)16(18)25-2)21-11-7-10-5-3-4-6-12(10)20-8-11/h3-8,18,21H,19H2,1-2H3,(H2,17,23)/b13-9+,18-16?. The van der Waals surface area contributed by atoms with Crippen LogP contribution in [0.3, 0.4) is 0 Å². The third-order valence-corrected chi connectivity index (χ3v) is 3.97. The lowest BCUT2D eigenvalue weighted by atomic mass is 10.1. The van der Waals surface area contributed by atoms with Gasteiger partial charge in [-0.1, -0.05) is 30.0 Å². The molecule has 0 aliphatic rings. The first-order valence-corrected chi connectivity index (χ1v) is 8.41. The monoisotopic (exact) mass is 358 g/mol. The summed E-state index contributed by atoms with van der Waals surface area (Å²) in [7, 11) is 0. The highest BCUT2D eigenvalue weighted by Crippen LogP contribution is 2.19. The topological polar surface area (TPSA) is 138 Å². The number of hydrogen-bond acceptors (Lipinski definition) is 7. The zero-order valence-electron chi connectivity index (χ0n) is 13.7. The molecule has 2 rings (SSSR count). The summed E-state index contributed by atoms with van der Waals surface area (Å²) in [5.74, 6) is 3.78. The Bertz CT molecular complexity index is 880. The van der Waals surface area contributed by atoms with E-state index in [9.17, 15) is 9.59 Å². The van der Waals surface area contributed by atoms with Gasteiger partial charge in [0.1, 0.15) is 5.57 Å². The SMILES string of the molecule is CSC(=N)N(N)C(=O)/C(C(N)=O)=C(\C)Nc1cnc2ccccc2c1. The molecule has 0 atom stereocenters. The number of anilines is 1. The van der Waals surface area contributed by atoms with Gasteiger partial charge < -0.3 is 11.1 Å². The van der Waals surface area contributed by atoms with E-state index in [0.29, 0.717) is 10.7 Å². The number of fused-ring (bicyclic) bond motifs is 1. The Kier molecular flexibility index (Phi) is 5.73. The average molecular weight is 358 g/mol. The van der Waals surface area contributed by atoms with Gasteiger partial charge in [0.15, 0.2) is 5.17 Å². The Morgan fingerprint density at radius 3 is 2.64 bits per heavy atom. The number of carbonyl (C=O) groups excluding carboxylic acids is 2. The van der Waals surface area contributed by atoms with Gasteiger partial charge in [-0.15, -0.1) is 0 Å². The first-order chi connectivity index (χ1) is 11.8. The molecule has 8 nitrogen and oxygen atoms in total. The minimum atomic E-state index is -0.937. The molecule has 0 saturated heterocycles. The summed E-state index contributed by atoms with van der Waals surface area (Å²) in [6, 6.07) is 9.37. The summed E-state index contributed by atoms with van der Waals surface area (Å²) in [6.07, 6.45) is 3.17. The molecule has 0 bridgehead atoms. The lowest BCUT2D eigenvalue weighted by Gasteiger charge is -2.18. The van der Waals surface area contributed by atoms with E-state index in [2.05, 4.69) is 10.3 Å². The summed E-state index contributed by atoms with van der Waals surface area (Å²) in [5.41, 5.74) is 6.64. The van der Waals surface area contributed by atoms with Crippen LogP contribution in [0, 0.1) is 5.41 Å². The third kappa shape index (κ3) is 4.14. The van der Waals surface area contributed by atoms with Crippen LogP contribution in [0.4, 0.5) is 5.69 Å². The number of primary amides is 1. The van der Waals surface area contributed by atoms with Crippen LogP contribution in [0.2, 0.25) is 0 Å². The van der Waals surface area contributed by atoms with Gasteiger partial charge in [-0.25, -0.2) is 10.9 Å². The van der Waals surface area contributed by atoms with Gasteiger partial charge in [-0.05, 0) is 25.3 Å². The second-order valence-electron chi connectivity index (χ2n) is 5.09. The number of carbonyl (C=O) groups is 2.